The van der Waals surface area contributed by atoms with Gasteiger partial charge in [-0.2, -0.15) is 0 Å². The van der Waals surface area contributed by atoms with Crippen molar-refractivity contribution < 1.29 is 15.0 Å². The third-order valence-electron chi connectivity index (χ3n) is 3.60. The summed E-state index contributed by atoms with van der Waals surface area (Å²) in [6.45, 7) is 0.628. The second-order valence-corrected chi connectivity index (χ2v) is 5.22. The van der Waals surface area contributed by atoms with Crippen molar-refractivity contribution in [1.82, 2.24) is 5.32 Å². The summed E-state index contributed by atoms with van der Waals surface area (Å²) >= 11 is 0. The van der Waals surface area contributed by atoms with Gasteiger partial charge < -0.3 is 15.5 Å². The van der Waals surface area contributed by atoms with Crippen LogP contribution in [-0.2, 0) is 0 Å². The molecule has 0 aromatic heterocycles. The number of carbonyl (C=O) groups is 1. The number of aliphatic hydroxyl groups excluding tert-OH is 2. The average molecular weight is 299 g/mol. The van der Waals surface area contributed by atoms with Crippen LogP contribution in [0.5, 0.6) is 0 Å². The number of carbonyl (C=O) groups excluding carboxylic acids is 1. The Morgan fingerprint density at radius 1 is 1.00 bits per heavy atom. The predicted octanol–water partition coefficient (Wildman–Crippen LogP) is 1.92. The van der Waals surface area contributed by atoms with Gasteiger partial charge in [0.1, 0.15) is 6.10 Å². The Morgan fingerprint density at radius 3 is 2.18 bits per heavy atom. The van der Waals surface area contributed by atoms with E-state index in [4.69, 9.17) is 0 Å². The normalized spacial score (nSPS) is 13.6. The van der Waals surface area contributed by atoms with E-state index in [-0.39, 0.29) is 5.78 Å². The van der Waals surface area contributed by atoms with E-state index in [9.17, 15) is 15.0 Å². The molecule has 0 aliphatic heterocycles. The molecule has 4 heteroatoms. The van der Waals surface area contributed by atoms with Gasteiger partial charge in [0.15, 0.2) is 5.78 Å². The van der Waals surface area contributed by atoms with Crippen molar-refractivity contribution >= 4 is 5.78 Å². The zero-order valence-corrected chi connectivity index (χ0v) is 12.6. The van der Waals surface area contributed by atoms with Gasteiger partial charge >= 0.3 is 0 Å². The summed E-state index contributed by atoms with van der Waals surface area (Å²) in [6, 6.07) is 15.8. The number of aliphatic hydroxyl groups is 2. The average Bonchev–Trinajstić information content (AvgIpc) is 2.59. The largest absolute Gasteiger partial charge is 0.390 e. The van der Waals surface area contributed by atoms with E-state index in [0.29, 0.717) is 29.7 Å². The minimum absolute atomic E-state index is 0.0580. The van der Waals surface area contributed by atoms with Crippen molar-refractivity contribution in [3.05, 3.63) is 71.3 Å². The molecule has 0 radical (unpaired) electrons. The van der Waals surface area contributed by atoms with Gasteiger partial charge in [-0.15, -0.1) is 0 Å². The molecule has 0 aliphatic carbocycles. The van der Waals surface area contributed by atoms with E-state index in [1.54, 1.807) is 43.4 Å². The lowest BCUT2D eigenvalue weighted by atomic mass is 9.98. The van der Waals surface area contributed by atoms with Crippen LogP contribution >= 0.6 is 0 Å². The second-order valence-electron chi connectivity index (χ2n) is 5.22. The molecular formula is C18H21NO3. The van der Waals surface area contributed by atoms with Crippen LogP contribution in [0.3, 0.4) is 0 Å². The molecule has 2 aromatic rings. The van der Waals surface area contributed by atoms with E-state index in [1.165, 1.54) is 0 Å². The number of nitrogens with one attached hydrogen (secondary N) is 1. The lowest BCUT2D eigenvalue weighted by Crippen LogP contribution is -2.23. The van der Waals surface area contributed by atoms with Crippen molar-refractivity contribution in [3.63, 3.8) is 0 Å². The van der Waals surface area contributed by atoms with Crippen LogP contribution in [0.4, 0.5) is 0 Å². The fraction of sp³-hybridized carbons (Fsp3) is 0.278. The SMILES string of the molecule is CNCCC(O)C(O)c1ccc(C(=O)c2ccccc2)cc1. The summed E-state index contributed by atoms with van der Waals surface area (Å²) in [5, 5.41) is 22.9. The molecule has 2 rings (SSSR count). The molecule has 0 saturated heterocycles. The van der Waals surface area contributed by atoms with Crippen LogP contribution in [-0.4, -0.2) is 35.7 Å². The third-order valence-corrected chi connectivity index (χ3v) is 3.60. The van der Waals surface area contributed by atoms with Gasteiger partial charge in [-0.05, 0) is 25.6 Å². The van der Waals surface area contributed by atoms with Crippen molar-refractivity contribution in [2.75, 3.05) is 13.6 Å². The van der Waals surface area contributed by atoms with Crippen LogP contribution in [0.2, 0.25) is 0 Å². The predicted molar refractivity (Wildman–Crippen MR) is 85.8 cm³/mol. The first-order valence-electron chi connectivity index (χ1n) is 7.34. The minimum atomic E-state index is -0.950. The van der Waals surface area contributed by atoms with Gasteiger partial charge in [-0.25, -0.2) is 0 Å². The maximum Gasteiger partial charge on any atom is 0.193 e. The molecule has 2 unspecified atom stereocenters. The van der Waals surface area contributed by atoms with Gasteiger partial charge in [0.25, 0.3) is 0 Å². The lowest BCUT2D eigenvalue weighted by Gasteiger charge is -2.18. The van der Waals surface area contributed by atoms with Crippen molar-refractivity contribution in [2.24, 2.45) is 0 Å². The number of ketones is 1. The van der Waals surface area contributed by atoms with Crippen molar-refractivity contribution in [1.29, 1.82) is 0 Å². The quantitative estimate of drug-likeness (QED) is 0.683. The standard InChI is InChI=1S/C18H21NO3/c1-19-12-11-16(20)18(22)15-9-7-14(8-10-15)17(21)13-5-3-2-4-6-13/h2-10,16,18-20,22H,11-12H2,1H3. The van der Waals surface area contributed by atoms with E-state index in [1.807, 2.05) is 18.2 Å². The van der Waals surface area contributed by atoms with Crippen molar-refractivity contribution in [3.8, 4) is 0 Å². The molecule has 0 bridgehead atoms. The van der Waals surface area contributed by atoms with Gasteiger partial charge in [0, 0.05) is 11.1 Å². The molecule has 2 atom stereocenters. The summed E-state index contributed by atoms with van der Waals surface area (Å²) in [6.07, 6.45) is -1.32. The Bertz CT molecular complexity index is 595. The molecule has 2 aromatic carbocycles. The van der Waals surface area contributed by atoms with Gasteiger partial charge in [0.05, 0.1) is 6.10 Å². The molecular weight excluding hydrogens is 278 g/mol. The first-order valence-corrected chi connectivity index (χ1v) is 7.34. The molecule has 22 heavy (non-hydrogen) atoms. The lowest BCUT2D eigenvalue weighted by molar-refractivity contribution is 0.0140. The summed E-state index contributed by atoms with van der Waals surface area (Å²) in [5.41, 5.74) is 1.80. The number of rotatable bonds is 7. The number of benzene rings is 2. The fourth-order valence-corrected chi connectivity index (χ4v) is 2.26. The summed E-state index contributed by atoms with van der Waals surface area (Å²) < 4.78 is 0. The Hall–Kier alpha value is -2.01. The Labute approximate surface area is 130 Å². The Kier molecular flexibility index (Phi) is 5.83. The highest BCUT2D eigenvalue weighted by molar-refractivity contribution is 6.08. The molecule has 0 saturated carbocycles. The molecule has 0 aliphatic rings. The first kappa shape index (κ1) is 16.4. The number of hydrogen-bond acceptors (Lipinski definition) is 4. The van der Waals surface area contributed by atoms with Crippen LogP contribution in [0.15, 0.2) is 54.6 Å². The molecule has 0 spiro atoms. The topological polar surface area (TPSA) is 69.6 Å². The first-order chi connectivity index (χ1) is 10.6. The van der Waals surface area contributed by atoms with Gasteiger partial charge in [-0.1, -0.05) is 54.6 Å². The highest BCUT2D eigenvalue weighted by atomic mass is 16.3. The van der Waals surface area contributed by atoms with Crippen LogP contribution in [0.1, 0.15) is 34.0 Å². The summed E-state index contributed by atoms with van der Waals surface area (Å²) in [7, 11) is 1.79. The van der Waals surface area contributed by atoms with E-state index in [0.717, 1.165) is 0 Å². The van der Waals surface area contributed by atoms with E-state index < -0.39 is 12.2 Å². The third kappa shape index (κ3) is 4.01. The Morgan fingerprint density at radius 2 is 1.59 bits per heavy atom. The highest BCUT2D eigenvalue weighted by Crippen LogP contribution is 2.20. The summed E-state index contributed by atoms with van der Waals surface area (Å²) in [5.74, 6) is -0.0580. The monoisotopic (exact) mass is 299 g/mol. The van der Waals surface area contributed by atoms with Crippen LogP contribution < -0.4 is 5.32 Å². The smallest absolute Gasteiger partial charge is 0.193 e. The minimum Gasteiger partial charge on any atom is -0.390 e. The zero-order valence-electron chi connectivity index (χ0n) is 12.6. The maximum atomic E-state index is 12.3. The Balaban J connectivity index is 2.08. The molecule has 116 valence electrons. The van der Waals surface area contributed by atoms with E-state index in [2.05, 4.69) is 5.32 Å². The molecule has 4 nitrogen and oxygen atoms in total. The maximum absolute atomic E-state index is 12.3. The fourth-order valence-electron chi connectivity index (χ4n) is 2.26. The van der Waals surface area contributed by atoms with E-state index >= 15 is 0 Å². The van der Waals surface area contributed by atoms with Crippen LogP contribution in [0, 0.1) is 0 Å². The molecule has 0 heterocycles. The highest BCUT2D eigenvalue weighted by Gasteiger charge is 2.18. The molecule has 0 fully saturated rings. The zero-order chi connectivity index (χ0) is 15.9. The van der Waals surface area contributed by atoms with Gasteiger partial charge in [-0.3, -0.25) is 4.79 Å². The van der Waals surface area contributed by atoms with Gasteiger partial charge in [0.2, 0.25) is 0 Å². The molecule has 3 N–H and O–H groups in total. The summed E-state index contributed by atoms with van der Waals surface area (Å²) in [4.78, 5) is 12.3. The van der Waals surface area contributed by atoms with Crippen LogP contribution in [0.25, 0.3) is 0 Å². The molecule has 0 amide bonds. The number of hydrogen-bond donors (Lipinski definition) is 3. The van der Waals surface area contributed by atoms with Crippen molar-refractivity contribution in [2.45, 2.75) is 18.6 Å². The second kappa shape index (κ2) is 7.84.